The number of hydrogen-bond acceptors (Lipinski definition) is 24. The lowest BCUT2D eigenvalue weighted by atomic mass is 9.87. The van der Waals surface area contributed by atoms with Crippen LogP contribution in [0.2, 0.25) is 0 Å². The molecule has 0 aromatic heterocycles. The third-order valence-corrected chi connectivity index (χ3v) is 13.0. The zero-order valence-electron chi connectivity index (χ0n) is 45.5. The molecule has 0 radical (unpaired) electrons. The van der Waals surface area contributed by atoms with E-state index < -0.39 is 171 Å². The van der Waals surface area contributed by atoms with Gasteiger partial charge in [0, 0.05) is 60.6 Å². The van der Waals surface area contributed by atoms with Crippen molar-refractivity contribution in [2.45, 2.75) is 159 Å². The van der Waals surface area contributed by atoms with E-state index in [1.165, 1.54) is 12.1 Å². The number of hydrogen-bond donors (Lipinski definition) is 1. The average molecular weight is 1140 g/mol. The smallest absolute Gasteiger partial charge is 0.367 e. The number of esters is 8. The molecule has 25 heteroatoms. The zero-order chi connectivity index (χ0) is 58.4. The Morgan fingerprint density at radius 3 is 1.89 bits per heavy atom. The fraction of sp³-hybridized carbons (Fsp3) is 0.518. The Bertz CT molecular complexity index is 2680. The molecule has 4 aliphatic heterocycles. The number of fused-ring (bicyclic) bond motifs is 1. The van der Waals surface area contributed by atoms with Gasteiger partial charge in [0.25, 0.3) is 5.79 Å². The summed E-state index contributed by atoms with van der Waals surface area (Å²) in [4.78, 5) is 121. The van der Waals surface area contributed by atoms with E-state index in [9.17, 15) is 38.4 Å². The van der Waals surface area contributed by atoms with E-state index in [0.717, 1.165) is 48.5 Å². The highest BCUT2D eigenvalue weighted by molar-refractivity contribution is 5.89. The first-order chi connectivity index (χ1) is 38.7. The minimum absolute atomic E-state index is 0.0595. The number of benzene rings is 3. The lowest BCUT2D eigenvalue weighted by molar-refractivity contribution is -0.383. The highest BCUT2D eigenvalue weighted by atomic mass is 16.8. The molecule has 4 fully saturated rings. The van der Waals surface area contributed by atoms with Crippen LogP contribution in [-0.4, -0.2) is 165 Å². The minimum atomic E-state index is -3.06. The summed E-state index contributed by atoms with van der Waals surface area (Å²) in [5, 5.41) is 2.61. The Balaban J connectivity index is 1.41. The molecular formula is C56H65NO24. The van der Waals surface area contributed by atoms with Crippen molar-refractivity contribution >= 4 is 53.7 Å². The highest BCUT2D eigenvalue weighted by Crippen LogP contribution is 2.43. The predicted molar refractivity (Wildman–Crippen MR) is 270 cm³/mol. The van der Waals surface area contributed by atoms with Gasteiger partial charge in [0.15, 0.2) is 37.0 Å². The van der Waals surface area contributed by atoms with E-state index in [-0.39, 0.29) is 25.2 Å². The summed E-state index contributed by atoms with van der Waals surface area (Å²) >= 11 is 0. The van der Waals surface area contributed by atoms with Crippen LogP contribution in [0.15, 0.2) is 91.0 Å². The monoisotopic (exact) mass is 1140 g/mol. The third kappa shape index (κ3) is 16.6. The molecule has 4 aliphatic rings. The second kappa shape index (κ2) is 28.3. The Labute approximate surface area is 465 Å². The molecule has 0 unspecified atom stereocenters. The van der Waals surface area contributed by atoms with Crippen molar-refractivity contribution in [1.29, 1.82) is 0 Å². The van der Waals surface area contributed by atoms with Gasteiger partial charge < -0.3 is 76.4 Å². The van der Waals surface area contributed by atoms with Crippen molar-refractivity contribution < 1.29 is 114 Å². The van der Waals surface area contributed by atoms with Crippen LogP contribution in [0.4, 0.5) is 0 Å². The Kier molecular flexibility index (Phi) is 21.4. The number of ether oxygens (including phenoxy) is 15. The van der Waals surface area contributed by atoms with Gasteiger partial charge in [-0.25, -0.2) is 9.59 Å². The van der Waals surface area contributed by atoms with E-state index in [2.05, 4.69) is 5.32 Å². The molecule has 4 heterocycles. The molecule has 1 N–H and O–H groups in total. The molecular weight excluding hydrogens is 1070 g/mol. The van der Waals surface area contributed by atoms with E-state index in [4.69, 9.17) is 71.1 Å². The second-order valence-electron chi connectivity index (χ2n) is 19.3. The van der Waals surface area contributed by atoms with Gasteiger partial charge in [0.05, 0.1) is 30.7 Å². The van der Waals surface area contributed by atoms with Gasteiger partial charge in [-0.15, -0.1) is 0 Å². The number of carbonyl (C=O) groups excluding carboxylic acids is 9. The van der Waals surface area contributed by atoms with Crippen molar-refractivity contribution in [3.05, 3.63) is 108 Å². The standard InChI is InChI=1S/C56H65NO24/c1-30(58)57-45-41(72-32(3)60)25-56(55(66)71-26-37-17-11-8-12-18-37,80-49(45)47(74-34(5)62)43(73-33(4)61)28-68-31(2)59)81-50-48(75-35(6)63)44(29-69-52(65)38-19-13-9-14-20-38)78-54(51(50)76-36(7)64)77-40-23-24-67-42-27-70-53(79-46(40)42)39-21-15-10-16-22-39/h8-22,40-51,53-54H,23-29H2,1-7H3,(H,57,58)/t40-,41+,42-,43-,44-,45-,46-,47-,48+,49-,50+,51-,53+,54-,56+/m1/s1. The van der Waals surface area contributed by atoms with Crippen LogP contribution in [0.25, 0.3) is 0 Å². The number of amides is 1. The van der Waals surface area contributed by atoms with Crippen LogP contribution in [0, 0.1) is 0 Å². The van der Waals surface area contributed by atoms with E-state index in [1.54, 1.807) is 72.8 Å². The summed E-state index contributed by atoms with van der Waals surface area (Å²) in [6, 6.07) is 23.5. The van der Waals surface area contributed by atoms with Crippen molar-refractivity contribution in [2.75, 3.05) is 26.4 Å². The fourth-order valence-corrected chi connectivity index (χ4v) is 9.76. The molecule has 0 saturated carbocycles. The molecule has 81 heavy (non-hydrogen) atoms. The summed E-state index contributed by atoms with van der Waals surface area (Å²) in [6.45, 7) is 5.30. The van der Waals surface area contributed by atoms with Crippen LogP contribution in [0.3, 0.4) is 0 Å². The maximum absolute atomic E-state index is 15.5. The molecule has 0 bridgehead atoms. The summed E-state index contributed by atoms with van der Waals surface area (Å²) in [5.41, 5.74) is 1.23. The SMILES string of the molecule is CC(=O)N[C@H]1[C@H]([C@H](OC(C)=O)[C@@H](COC(C)=O)OC(C)=O)O[C@@](O[C@H]2[C@@H](OC(C)=O)[C@@H](COC(=O)c3ccccc3)O[C@@H](O[C@@H]3CCO[C@@H]4CO[C@H](c5ccccc5)O[C@@H]43)[C@@H]2OC(C)=O)(C(=O)OCc2ccccc2)C[C@@H]1OC(C)=O. The van der Waals surface area contributed by atoms with Crippen molar-refractivity contribution in [3.63, 3.8) is 0 Å². The second-order valence-corrected chi connectivity index (χ2v) is 19.3. The molecule has 0 spiro atoms. The number of rotatable bonds is 21. The lowest BCUT2D eigenvalue weighted by Gasteiger charge is -2.52. The molecule has 25 nitrogen and oxygen atoms in total. The topological polar surface area (TPSA) is 304 Å². The van der Waals surface area contributed by atoms with Gasteiger partial charge in [-0.05, 0) is 24.1 Å². The molecule has 15 atom stereocenters. The molecule has 0 aliphatic carbocycles. The van der Waals surface area contributed by atoms with Crippen LogP contribution >= 0.6 is 0 Å². The van der Waals surface area contributed by atoms with Crippen LogP contribution < -0.4 is 5.32 Å². The average Bonchev–Trinajstić information content (AvgIpc) is 3.50. The van der Waals surface area contributed by atoms with E-state index in [1.807, 2.05) is 6.07 Å². The maximum atomic E-state index is 15.5. The predicted octanol–water partition coefficient (Wildman–Crippen LogP) is 3.20. The summed E-state index contributed by atoms with van der Waals surface area (Å²) in [7, 11) is 0. The van der Waals surface area contributed by atoms with Crippen molar-refractivity contribution in [3.8, 4) is 0 Å². The maximum Gasteiger partial charge on any atom is 0.367 e. The lowest BCUT2D eigenvalue weighted by Crippen LogP contribution is -2.72. The molecule has 3 aromatic rings. The first kappa shape index (κ1) is 61.2. The molecule has 3 aromatic carbocycles. The third-order valence-electron chi connectivity index (χ3n) is 13.0. The van der Waals surface area contributed by atoms with Gasteiger partial charge in [0.1, 0.15) is 56.4 Å². The first-order valence-corrected chi connectivity index (χ1v) is 26.0. The van der Waals surface area contributed by atoms with Crippen LogP contribution in [0.5, 0.6) is 0 Å². The summed E-state index contributed by atoms with van der Waals surface area (Å²) in [5.74, 6) is -12.0. The Morgan fingerprint density at radius 2 is 1.27 bits per heavy atom. The first-order valence-electron chi connectivity index (χ1n) is 26.0. The minimum Gasteiger partial charge on any atom is -0.462 e. The molecule has 4 saturated heterocycles. The highest BCUT2D eigenvalue weighted by Gasteiger charge is 2.64. The van der Waals surface area contributed by atoms with Gasteiger partial charge in [0.2, 0.25) is 5.91 Å². The summed E-state index contributed by atoms with van der Waals surface area (Å²) in [6.07, 6.45) is -21.1. The normalized spacial score (nSPS) is 28.6. The van der Waals surface area contributed by atoms with Gasteiger partial charge in [-0.1, -0.05) is 78.9 Å². The Hall–Kier alpha value is -7.39. The van der Waals surface area contributed by atoms with Gasteiger partial charge in [-0.3, -0.25) is 33.6 Å². The Morgan fingerprint density at radius 1 is 0.642 bits per heavy atom. The van der Waals surface area contributed by atoms with Gasteiger partial charge >= 0.3 is 47.8 Å². The quantitative estimate of drug-likeness (QED) is 0.118. The van der Waals surface area contributed by atoms with Gasteiger partial charge in [-0.2, -0.15) is 0 Å². The molecule has 1 amide bonds. The number of carbonyl (C=O) groups is 9. The fourth-order valence-electron chi connectivity index (χ4n) is 9.76. The van der Waals surface area contributed by atoms with E-state index >= 15 is 4.79 Å². The number of nitrogens with one attached hydrogen (secondary N) is 1. The molecule has 7 rings (SSSR count). The van der Waals surface area contributed by atoms with Crippen molar-refractivity contribution in [1.82, 2.24) is 5.32 Å². The van der Waals surface area contributed by atoms with Crippen molar-refractivity contribution in [2.24, 2.45) is 0 Å². The summed E-state index contributed by atoms with van der Waals surface area (Å²) < 4.78 is 92.0. The molecule has 438 valence electrons. The largest absolute Gasteiger partial charge is 0.462 e. The van der Waals surface area contributed by atoms with Crippen LogP contribution in [0.1, 0.15) is 89.1 Å². The van der Waals surface area contributed by atoms with Crippen LogP contribution in [-0.2, 0) is 116 Å². The van der Waals surface area contributed by atoms with E-state index in [0.29, 0.717) is 11.1 Å². The zero-order valence-corrected chi connectivity index (χ0v) is 45.5.